The van der Waals surface area contributed by atoms with Crippen LogP contribution in [0, 0.1) is 13.8 Å². The predicted molar refractivity (Wildman–Crippen MR) is 101 cm³/mol. The van der Waals surface area contributed by atoms with Crippen molar-refractivity contribution >= 4 is 41.3 Å². The van der Waals surface area contributed by atoms with Crippen LogP contribution in [0.1, 0.15) is 22.0 Å². The van der Waals surface area contributed by atoms with Crippen LogP contribution in [0.3, 0.4) is 0 Å². The molecule has 138 valence electrons. The maximum atomic E-state index is 12.4. The molecule has 0 saturated carbocycles. The molecule has 1 saturated heterocycles. The van der Waals surface area contributed by atoms with Gasteiger partial charge in [-0.2, -0.15) is 13.2 Å². The van der Waals surface area contributed by atoms with Crippen molar-refractivity contribution in [2.75, 3.05) is 26.7 Å². The maximum absolute atomic E-state index is 12.4. The van der Waals surface area contributed by atoms with E-state index in [1.807, 2.05) is 13.8 Å². The van der Waals surface area contributed by atoms with Gasteiger partial charge in [0, 0.05) is 31.1 Å². The van der Waals surface area contributed by atoms with E-state index in [2.05, 4.69) is 20.6 Å². The van der Waals surface area contributed by atoms with Crippen LogP contribution in [0.25, 0.3) is 0 Å². The van der Waals surface area contributed by atoms with Gasteiger partial charge in [-0.3, -0.25) is 9.89 Å². The molecule has 1 atom stereocenters. The molecule has 0 bridgehead atoms. The highest BCUT2D eigenvalue weighted by atomic mass is 127. The Morgan fingerprint density at radius 3 is 2.67 bits per heavy atom. The van der Waals surface area contributed by atoms with Gasteiger partial charge in [-0.25, -0.2) is 4.98 Å². The second-order valence-electron chi connectivity index (χ2n) is 5.66. The smallest absolute Gasteiger partial charge is 0.352 e. The first-order valence-corrected chi connectivity index (χ1v) is 8.27. The van der Waals surface area contributed by atoms with Crippen molar-refractivity contribution in [3.8, 4) is 0 Å². The Morgan fingerprint density at radius 2 is 2.12 bits per heavy atom. The number of halogens is 4. The molecule has 0 radical (unpaired) electrons. The lowest BCUT2D eigenvalue weighted by atomic mass is 10.3. The molecule has 1 aromatic heterocycles. The molecule has 10 heteroatoms. The number of rotatable bonds is 4. The largest absolute Gasteiger partial charge is 0.401 e. The lowest BCUT2D eigenvalue weighted by Gasteiger charge is -2.19. The van der Waals surface area contributed by atoms with E-state index in [-0.39, 0.29) is 30.0 Å². The third-order valence-corrected chi connectivity index (χ3v) is 4.79. The monoisotopic (exact) mass is 477 g/mol. The van der Waals surface area contributed by atoms with Crippen molar-refractivity contribution in [2.45, 2.75) is 39.0 Å². The Morgan fingerprint density at radius 1 is 1.42 bits per heavy atom. The molecular weight excluding hydrogens is 454 g/mol. The van der Waals surface area contributed by atoms with E-state index in [4.69, 9.17) is 0 Å². The summed E-state index contributed by atoms with van der Waals surface area (Å²) < 4.78 is 37.2. The van der Waals surface area contributed by atoms with Crippen LogP contribution in [-0.4, -0.2) is 54.7 Å². The number of aromatic nitrogens is 1. The number of hydrogen-bond donors (Lipinski definition) is 2. The highest BCUT2D eigenvalue weighted by Gasteiger charge is 2.34. The first-order valence-electron chi connectivity index (χ1n) is 7.46. The summed E-state index contributed by atoms with van der Waals surface area (Å²) in [6, 6.07) is -0.0247. The molecule has 1 aliphatic rings. The van der Waals surface area contributed by atoms with Crippen LogP contribution < -0.4 is 10.6 Å². The van der Waals surface area contributed by atoms with E-state index in [1.54, 1.807) is 18.4 Å². The fourth-order valence-corrected chi connectivity index (χ4v) is 3.38. The van der Waals surface area contributed by atoms with E-state index >= 15 is 0 Å². The minimum atomic E-state index is -4.14. The van der Waals surface area contributed by atoms with Gasteiger partial charge in [0.15, 0.2) is 5.96 Å². The van der Waals surface area contributed by atoms with Crippen molar-refractivity contribution in [2.24, 2.45) is 4.99 Å². The van der Waals surface area contributed by atoms with Gasteiger partial charge in [0.05, 0.1) is 18.8 Å². The highest BCUT2D eigenvalue weighted by Crippen LogP contribution is 2.20. The molecule has 5 nitrogen and oxygen atoms in total. The second-order valence-corrected chi connectivity index (χ2v) is 6.94. The zero-order valence-electron chi connectivity index (χ0n) is 13.9. The third kappa shape index (κ3) is 6.71. The lowest BCUT2D eigenvalue weighted by Crippen LogP contribution is -2.44. The number of hydrogen-bond acceptors (Lipinski definition) is 4. The van der Waals surface area contributed by atoms with E-state index in [1.165, 1.54) is 9.78 Å². The molecule has 24 heavy (non-hydrogen) atoms. The van der Waals surface area contributed by atoms with Gasteiger partial charge in [0.2, 0.25) is 0 Å². The third-order valence-electron chi connectivity index (χ3n) is 3.72. The number of thiazole rings is 1. The summed E-state index contributed by atoms with van der Waals surface area (Å²) >= 11 is 1.63. The normalized spacial score (nSPS) is 19.2. The number of likely N-dealkylation sites (tertiary alicyclic amines) is 1. The summed E-state index contributed by atoms with van der Waals surface area (Å²) in [5.74, 6) is 0.592. The van der Waals surface area contributed by atoms with Crippen molar-refractivity contribution in [1.29, 1.82) is 0 Å². The molecule has 1 aliphatic heterocycles. The van der Waals surface area contributed by atoms with E-state index < -0.39 is 12.7 Å². The van der Waals surface area contributed by atoms with Crippen molar-refractivity contribution < 1.29 is 13.2 Å². The quantitative estimate of drug-likeness (QED) is 0.398. The zero-order chi connectivity index (χ0) is 17.0. The van der Waals surface area contributed by atoms with Gasteiger partial charge in [-0.15, -0.1) is 35.3 Å². The number of alkyl halides is 3. The Balaban J connectivity index is 0.00000288. The van der Waals surface area contributed by atoms with Gasteiger partial charge < -0.3 is 10.6 Å². The predicted octanol–water partition coefficient (Wildman–Crippen LogP) is 2.68. The van der Waals surface area contributed by atoms with Crippen LogP contribution in [0.15, 0.2) is 4.99 Å². The van der Waals surface area contributed by atoms with Gasteiger partial charge >= 0.3 is 6.18 Å². The van der Waals surface area contributed by atoms with Crippen LogP contribution in [-0.2, 0) is 6.54 Å². The maximum Gasteiger partial charge on any atom is 0.401 e. The minimum Gasteiger partial charge on any atom is -0.352 e. The molecule has 0 amide bonds. The van der Waals surface area contributed by atoms with Crippen molar-refractivity contribution in [3.63, 3.8) is 0 Å². The van der Waals surface area contributed by atoms with E-state index in [0.29, 0.717) is 32.0 Å². The van der Waals surface area contributed by atoms with Gasteiger partial charge in [-0.1, -0.05) is 0 Å². The summed E-state index contributed by atoms with van der Waals surface area (Å²) in [4.78, 5) is 11.2. The van der Waals surface area contributed by atoms with Gasteiger partial charge in [-0.05, 0) is 20.3 Å². The molecule has 1 aromatic rings. The number of aliphatic imine (C=N–C) groups is 1. The Hall–Kier alpha value is -0.620. The summed E-state index contributed by atoms with van der Waals surface area (Å²) in [5, 5.41) is 7.31. The highest BCUT2D eigenvalue weighted by molar-refractivity contribution is 14.0. The summed E-state index contributed by atoms with van der Waals surface area (Å²) in [6.45, 7) is 4.51. The molecular formula is C14H23F3IN5S. The van der Waals surface area contributed by atoms with Crippen molar-refractivity contribution in [3.05, 3.63) is 15.6 Å². The Kier molecular flexibility index (Phi) is 8.20. The topological polar surface area (TPSA) is 52.6 Å². The summed E-state index contributed by atoms with van der Waals surface area (Å²) in [5.41, 5.74) is 1.02. The van der Waals surface area contributed by atoms with Crippen LogP contribution in [0.5, 0.6) is 0 Å². The molecule has 2 heterocycles. The first kappa shape index (κ1) is 21.4. The average molecular weight is 477 g/mol. The molecule has 1 fully saturated rings. The standard InChI is InChI=1S/C14H22F3N5S.HI/c1-9-10(2)23-12(20-9)6-19-13(18-3)21-11-4-5-22(7-11)8-14(15,16)17;/h11H,4-8H2,1-3H3,(H2,18,19,21);1H. The SMILES string of the molecule is CN=C(NCc1nc(C)c(C)s1)NC1CCN(CC(F)(F)F)C1.I. The molecule has 0 aromatic carbocycles. The van der Waals surface area contributed by atoms with Crippen LogP contribution >= 0.6 is 35.3 Å². The first-order chi connectivity index (χ1) is 10.8. The second kappa shape index (κ2) is 9.18. The number of aryl methyl sites for hydroxylation is 2. The number of nitrogens with one attached hydrogen (secondary N) is 2. The van der Waals surface area contributed by atoms with Gasteiger partial charge in [0.1, 0.15) is 5.01 Å². The van der Waals surface area contributed by atoms with E-state index in [0.717, 1.165) is 10.7 Å². The van der Waals surface area contributed by atoms with Crippen LogP contribution in [0.4, 0.5) is 13.2 Å². The Bertz CT molecular complexity index is 542. The number of nitrogens with zero attached hydrogens (tertiary/aromatic N) is 3. The lowest BCUT2D eigenvalue weighted by molar-refractivity contribution is -0.143. The summed E-state index contributed by atoms with van der Waals surface area (Å²) in [6.07, 6.45) is -3.47. The van der Waals surface area contributed by atoms with Crippen molar-refractivity contribution in [1.82, 2.24) is 20.5 Å². The average Bonchev–Trinajstić information content (AvgIpc) is 3.00. The molecule has 2 rings (SSSR count). The fourth-order valence-electron chi connectivity index (χ4n) is 2.51. The van der Waals surface area contributed by atoms with Gasteiger partial charge in [0.25, 0.3) is 0 Å². The number of guanidine groups is 1. The zero-order valence-corrected chi connectivity index (χ0v) is 17.1. The molecule has 2 N–H and O–H groups in total. The Labute approximate surface area is 161 Å². The summed E-state index contributed by atoms with van der Waals surface area (Å²) in [7, 11) is 1.65. The molecule has 1 unspecified atom stereocenters. The van der Waals surface area contributed by atoms with Crippen LogP contribution in [0.2, 0.25) is 0 Å². The fraction of sp³-hybridized carbons (Fsp3) is 0.714. The minimum absolute atomic E-state index is 0. The molecule has 0 spiro atoms. The van der Waals surface area contributed by atoms with E-state index in [9.17, 15) is 13.2 Å². The molecule has 0 aliphatic carbocycles.